The smallest absolute Gasteiger partial charge is 0.346 e. The molecule has 0 radical (unpaired) electrons. The Balaban J connectivity index is 2.49. The fourth-order valence-electron chi connectivity index (χ4n) is 2.75. The van der Waals surface area contributed by atoms with Gasteiger partial charge in [-0.1, -0.05) is 25.7 Å². The van der Waals surface area contributed by atoms with Crippen LogP contribution < -0.4 is 11.1 Å². The summed E-state index contributed by atoms with van der Waals surface area (Å²) in [4.78, 5) is 13.7. The number of carbonyl (C=O) groups excluding carboxylic acids is 1. The summed E-state index contributed by atoms with van der Waals surface area (Å²) in [5.41, 5.74) is 5.51. The van der Waals surface area contributed by atoms with Crippen molar-refractivity contribution in [2.45, 2.75) is 57.2 Å². The van der Waals surface area contributed by atoms with Gasteiger partial charge in [0.05, 0.1) is 6.54 Å². The number of hydrogen-bond acceptors (Lipinski definition) is 3. The van der Waals surface area contributed by atoms with Crippen LogP contribution >= 0.6 is 0 Å². The summed E-state index contributed by atoms with van der Waals surface area (Å²) in [6.45, 7) is -0.0457. The van der Waals surface area contributed by atoms with E-state index in [4.69, 9.17) is 5.73 Å². The van der Waals surface area contributed by atoms with E-state index < -0.39 is 18.6 Å². The van der Waals surface area contributed by atoms with Crippen molar-refractivity contribution < 1.29 is 18.0 Å². The number of hydrogen-bond donors (Lipinski definition) is 2. The first-order valence-electron chi connectivity index (χ1n) is 7.70. The molecule has 0 saturated heterocycles. The van der Waals surface area contributed by atoms with Crippen molar-refractivity contribution in [1.29, 1.82) is 0 Å². The summed E-state index contributed by atoms with van der Waals surface area (Å²) in [5, 5.41) is 1.95. The summed E-state index contributed by atoms with van der Waals surface area (Å²) in [5.74, 6) is -0.561. The first-order valence-corrected chi connectivity index (χ1v) is 7.70. The Morgan fingerprint density at radius 3 is 2.33 bits per heavy atom. The van der Waals surface area contributed by atoms with E-state index in [1.54, 1.807) is 0 Å². The number of nitrogens with two attached hydrogens (primary N) is 1. The molecule has 1 amide bonds. The molecule has 0 spiro atoms. The average Bonchev–Trinajstić information content (AvgIpc) is 2.69. The maximum absolute atomic E-state index is 12.1. The van der Waals surface area contributed by atoms with Crippen molar-refractivity contribution in [2.75, 3.05) is 26.2 Å². The SMILES string of the molecule is NCCCN(CC(=O)NCC(F)(F)F)C1CCCCCC1. The minimum Gasteiger partial charge on any atom is -0.346 e. The van der Waals surface area contributed by atoms with Gasteiger partial charge < -0.3 is 11.1 Å². The maximum Gasteiger partial charge on any atom is 0.405 e. The quantitative estimate of drug-likeness (QED) is 0.708. The van der Waals surface area contributed by atoms with Crippen LogP contribution in [0.15, 0.2) is 0 Å². The minimum absolute atomic E-state index is 0.0285. The molecule has 0 aromatic rings. The van der Waals surface area contributed by atoms with Crippen molar-refractivity contribution in [3.8, 4) is 0 Å². The Morgan fingerprint density at radius 1 is 1.19 bits per heavy atom. The number of alkyl halides is 3. The Bertz CT molecular complexity index is 302. The van der Waals surface area contributed by atoms with E-state index in [2.05, 4.69) is 0 Å². The van der Waals surface area contributed by atoms with Gasteiger partial charge in [-0.3, -0.25) is 9.69 Å². The molecule has 0 aromatic carbocycles. The van der Waals surface area contributed by atoms with Gasteiger partial charge in [-0.2, -0.15) is 13.2 Å². The second-order valence-corrected chi connectivity index (χ2v) is 5.65. The molecule has 7 heteroatoms. The molecule has 0 unspecified atom stereocenters. The monoisotopic (exact) mass is 309 g/mol. The van der Waals surface area contributed by atoms with Crippen LogP contribution in [0.4, 0.5) is 13.2 Å². The zero-order valence-corrected chi connectivity index (χ0v) is 12.4. The van der Waals surface area contributed by atoms with Gasteiger partial charge in [-0.15, -0.1) is 0 Å². The molecule has 21 heavy (non-hydrogen) atoms. The molecular formula is C14H26F3N3O. The second kappa shape index (κ2) is 9.25. The topological polar surface area (TPSA) is 58.4 Å². The van der Waals surface area contributed by atoms with Crippen LogP contribution in [0.25, 0.3) is 0 Å². The largest absolute Gasteiger partial charge is 0.405 e. The van der Waals surface area contributed by atoms with Gasteiger partial charge in [-0.25, -0.2) is 0 Å². The van der Waals surface area contributed by atoms with Crippen molar-refractivity contribution in [3.05, 3.63) is 0 Å². The number of carbonyl (C=O) groups is 1. The molecule has 124 valence electrons. The Labute approximate surface area is 124 Å². The molecule has 1 aliphatic carbocycles. The molecule has 0 aliphatic heterocycles. The Hall–Kier alpha value is -0.820. The predicted molar refractivity (Wildman–Crippen MR) is 75.8 cm³/mol. The number of nitrogens with zero attached hydrogens (tertiary/aromatic N) is 1. The normalized spacial score (nSPS) is 17.8. The lowest BCUT2D eigenvalue weighted by molar-refractivity contribution is -0.139. The van der Waals surface area contributed by atoms with Crippen LogP contribution in [-0.4, -0.2) is 49.2 Å². The first kappa shape index (κ1) is 18.2. The molecule has 0 atom stereocenters. The van der Waals surface area contributed by atoms with Gasteiger partial charge in [0.15, 0.2) is 0 Å². The van der Waals surface area contributed by atoms with E-state index in [9.17, 15) is 18.0 Å². The molecule has 1 saturated carbocycles. The van der Waals surface area contributed by atoms with Crippen molar-refractivity contribution in [2.24, 2.45) is 5.73 Å². The van der Waals surface area contributed by atoms with Crippen molar-refractivity contribution in [1.82, 2.24) is 10.2 Å². The molecule has 4 nitrogen and oxygen atoms in total. The molecule has 0 aromatic heterocycles. The zero-order valence-electron chi connectivity index (χ0n) is 12.4. The standard InChI is InChI=1S/C14H26F3N3O/c15-14(16,17)11-19-13(21)10-20(9-5-8-18)12-6-3-1-2-4-7-12/h12H,1-11,18H2,(H,19,21). The highest BCUT2D eigenvalue weighted by Gasteiger charge is 2.28. The predicted octanol–water partition coefficient (Wildman–Crippen LogP) is 2.04. The van der Waals surface area contributed by atoms with Gasteiger partial charge >= 0.3 is 6.18 Å². The van der Waals surface area contributed by atoms with E-state index in [0.717, 1.165) is 32.1 Å². The highest BCUT2D eigenvalue weighted by atomic mass is 19.4. The summed E-state index contributed by atoms with van der Waals surface area (Å²) in [6, 6.07) is 0.288. The second-order valence-electron chi connectivity index (χ2n) is 5.65. The van der Waals surface area contributed by atoms with Crippen molar-refractivity contribution in [3.63, 3.8) is 0 Å². The lowest BCUT2D eigenvalue weighted by atomic mass is 10.1. The van der Waals surface area contributed by atoms with E-state index in [1.807, 2.05) is 10.2 Å². The molecule has 1 fully saturated rings. The van der Waals surface area contributed by atoms with E-state index in [-0.39, 0.29) is 12.6 Å². The van der Waals surface area contributed by atoms with Gasteiger partial charge in [0.25, 0.3) is 0 Å². The van der Waals surface area contributed by atoms with Crippen LogP contribution in [0.1, 0.15) is 44.9 Å². The van der Waals surface area contributed by atoms with E-state index >= 15 is 0 Å². The third-order valence-electron chi connectivity index (χ3n) is 3.82. The van der Waals surface area contributed by atoms with Gasteiger partial charge in [0.2, 0.25) is 5.91 Å². The summed E-state index contributed by atoms with van der Waals surface area (Å²) in [7, 11) is 0. The molecule has 1 aliphatic rings. The van der Waals surface area contributed by atoms with Crippen LogP contribution in [0.2, 0.25) is 0 Å². The van der Waals surface area contributed by atoms with E-state index in [1.165, 1.54) is 12.8 Å². The lowest BCUT2D eigenvalue weighted by Crippen LogP contribution is -2.45. The van der Waals surface area contributed by atoms with Crippen molar-refractivity contribution >= 4 is 5.91 Å². The highest BCUT2D eigenvalue weighted by Crippen LogP contribution is 2.22. The fourth-order valence-corrected chi connectivity index (χ4v) is 2.75. The van der Waals surface area contributed by atoms with Gasteiger partial charge in [-0.05, 0) is 25.8 Å². The fraction of sp³-hybridized carbons (Fsp3) is 0.929. The van der Waals surface area contributed by atoms with Gasteiger partial charge in [0, 0.05) is 12.6 Å². The molecule has 3 N–H and O–H groups in total. The van der Waals surface area contributed by atoms with Gasteiger partial charge in [0.1, 0.15) is 6.54 Å². The highest BCUT2D eigenvalue weighted by molar-refractivity contribution is 5.78. The molecule has 0 bridgehead atoms. The third-order valence-corrected chi connectivity index (χ3v) is 3.82. The Morgan fingerprint density at radius 2 is 1.81 bits per heavy atom. The Kier molecular flexibility index (Phi) is 8.03. The minimum atomic E-state index is -4.36. The maximum atomic E-state index is 12.1. The summed E-state index contributed by atoms with van der Waals surface area (Å²) >= 11 is 0. The molecule has 0 heterocycles. The van der Waals surface area contributed by atoms with Crippen LogP contribution in [0.5, 0.6) is 0 Å². The first-order chi connectivity index (χ1) is 9.92. The van der Waals surface area contributed by atoms with Crippen LogP contribution in [0, 0.1) is 0 Å². The number of rotatable bonds is 7. The number of amides is 1. The average molecular weight is 309 g/mol. The van der Waals surface area contributed by atoms with E-state index in [0.29, 0.717) is 13.1 Å². The number of halogens is 3. The zero-order chi connectivity index (χ0) is 15.7. The molecular weight excluding hydrogens is 283 g/mol. The third kappa shape index (κ3) is 8.26. The lowest BCUT2D eigenvalue weighted by Gasteiger charge is -2.30. The molecule has 1 rings (SSSR count). The van der Waals surface area contributed by atoms with Crippen LogP contribution in [-0.2, 0) is 4.79 Å². The summed E-state index contributed by atoms with van der Waals surface area (Å²) < 4.78 is 36.4. The number of nitrogens with one attached hydrogen (secondary N) is 1. The van der Waals surface area contributed by atoms with Crippen LogP contribution in [0.3, 0.4) is 0 Å². The summed E-state index contributed by atoms with van der Waals surface area (Å²) in [6.07, 6.45) is 3.04.